The molecule has 2 atom stereocenters. The van der Waals surface area contributed by atoms with Gasteiger partial charge in [0.25, 0.3) is 0 Å². The smallest absolute Gasteiger partial charge is 0.240 e. The lowest BCUT2D eigenvalue weighted by molar-refractivity contribution is -0.122. The summed E-state index contributed by atoms with van der Waals surface area (Å²) in [6, 6.07) is 12.5. The maximum atomic E-state index is 12.6. The van der Waals surface area contributed by atoms with E-state index in [0.717, 1.165) is 10.2 Å². The fourth-order valence-corrected chi connectivity index (χ4v) is 4.73. The van der Waals surface area contributed by atoms with Gasteiger partial charge in [0, 0.05) is 23.1 Å². The van der Waals surface area contributed by atoms with E-state index in [2.05, 4.69) is 10.3 Å². The highest BCUT2D eigenvalue weighted by Crippen LogP contribution is 2.29. The Morgan fingerprint density at radius 3 is 2.93 bits per heavy atom. The Hall–Kier alpha value is -1.90. The summed E-state index contributed by atoms with van der Waals surface area (Å²) in [5.41, 5.74) is -0.203. The van der Waals surface area contributed by atoms with Crippen LogP contribution < -0.4 is 10.1 Å². The van der Waals surface area contributed by atoms with Crippen LogP contribution in [0.1, 0.15) is 13.3 Å². The van der Waals surface area contributed by atoms with Gasteiger partial charge in [0.15, 0.2) is 5.13 Å². The molecule has 2 heterocycles. The summed E-state index contributed by atoms with van der Waals surface area (Å²) in [5.74, 6) is 0.426. The fourth-order valence-electron chi connectivity index (χ4n) is 3.39. The Morgan fingerprint density at radius 2 is 2.13 bits per heavy atom. The molecular formula is C21H21Cl2N3O3S. The van der Waals surface area contributed by atoms with Gasteiger partial charge < -0.3 is 15.2 Å². The highest BCUT2D eigenvalue weighted by Gasteiger charge is 2.39. The number of fused-ring (bicyclic) bond motifs is 1. The number of nitrogens with zero attached hydrogens (tertiary/aromatic N) is 2. The summed E-state index contributed by atoms with van der Waals surface area (Å²) in [6.45, 7) is 2.95. The Morgan fingerprint density at radius 1 is 1.33 bits per heavy atom. The number of ether oxygens (including phenoxy) is 1. The van der Waals surface area contributed by atoms with Crippen LogP contribution in [0.3, 0.4) is 0 Å². The number of aliphatic hydroxyl groups is 1. The molecule has 0 spiro atoms. The Balaban J connectivity index is 1.39. The number of hydrogen-bond donors (Lipinski definition) is 2. The van der Waals surface area contributed by atoms with E-state index in [1.54, 1.807) is 37.3 Å². The molecule has 2 aromatic carbocycles. The van der Waals surface area contributed by atoms with Crippen molar-refractivity contribution in [3.63, 3.8) is 0 Å². The molecule has 0 bridgehead atoms. The summed E-state index contributed by atoms with van der Waals surface area (Å²) in [4.78, 5) is 18.9. The summed E-state index contributed by atoms with van der Waals surface area (Å²) >= 11 is 13.4. The molecule has 3 aromatic rings. The van der Waals surface area contributed by atoms with Crippen LogP contribution in [0.15, 0.2) is 42.5 Å². The molecule has 6 nitrogen and oxygen atoms in total. The second-order valence-electron chi connectivity index (χ2n) is 7.59. The topological polar surface area (TPSA) is 74.7 Å². The first-order valence-corrected chi connectivity index (χ1v) is 11.1. The van der Waals surface area contributed by atoms with E-state index < -0.39 is 11.7 Å². The molecule has 1 aliphatic heterocycles. The number of benzene rings is 2. The molecule has 1 fully saturated rings. The van der Waals surface area contributed by atoms with Crippen LogP contribution in [-0.2, 0) is 4.79 Å². The molecule has 0 aliphatic carbocycles. The molecule has 1 aromatic heterocycles. The average molecular weight is 466 g/mol. The van der Waals surface area contributed by atoms with Crippen molar-refractivity contribution in [2.45, 2.75) is 25.0 Å². The van der Waals surface area contributed by atoms with Crippen molar-refractivity contribution >= 4 is 55.8 Å². The van der Waals surface area contributed by atoms with Gasteiger partial charge in [0.2, 0.25) is 5.91 Å². The zero-order valence-electron chi connectivity index (χ0n) is 16.3. The van der Waals surface area contributed by atoms with Gasteiger partial charge in [-0.15, -0.1) is 0 Å². The van der Waals surface area contributed by atoms with Gasteiger partial charge in [-0.2, -0.15) is 0 Å². The molecule has 4 rings (SSSR count). The number of likely N-dealkylation sites (tertiary alicyclic amines) is 1. The Bertz CT molecular complexity index is 1070. The van der Waals surface area contributed by atoms with Crippen molar-refractivity contribution in [1.82, 2.24) is 9.88 Å². The maximum absolute atomic E-state index is 12.6. The molecule has 2 N–H and O–H groups in total. The second-order valence-corrected chi connectivity index (χ2v) is 9.49. The van der Waals surface area contributed by atoms with Crippen molar-refractivity contribution < 1.29 is 14.6 Å². The summed E-state index contributed by atoms with van der Waals surface area (Å²) < 4.78 is 6.92. The predicted octanol–water partition coefficient (Wildman–Crippen LogP) is 4.45. The molecule has 1 saturated heterocycles. The van der Waals surface area contributed by atoms with E-state index in [9.17, 15) is 9.90 Å². The predicted molar refractivity (Wildman–Crippen MR) is 121 cm³/mol. The van der Waals surface area contributed by atoms with Crippen molar-refractivity contribution in [1.29, 1.82) is 0 Å². The first-order chi connectivity index (χ1) is 14.3. The Labute approximate surface area is 188 Å². The van der Waals surface area contributed by atoms with Gasteiger partial charge in [-0.3, -0.25) is 9.69 Å². The van der Waals surface area contributed by atoms with E-state index >= 15 is 0 Å². The maximum Gasteiger partial charge on any atom is 0.240 e. The number of amides is 1. The van der Waals surface area contributed by atoms with Crippen molar-refractivity contribution in [2.75, 3.05) is 25.0 Å². The highest BCUT2D eigenvalue weighted by molar-refractivity contribution is 7.22. The van der Waals surface area contributed by atoms with E-state index in [4.69, 9.17) is 27.9 Å². The number of thiazole rings is 1. The number of rotatable bonds is 5. The lowest BCUT2D eigenvalue weighted by Crippen LogP contribution is -2.57. The van der Waals surface area contributed by atoms with Crippen LogP contribution in [0, 0.1) is 0 Å². The van der Waals surface area contributed by atoms with Crippen LogP contribution in [0.4, 0.5) is 5.13 Å². The summed E-state index contributed by atoms with van der Waals surface area (Å²) in [6.07, 6.45) is 0.00706. The van der Waals surface area contributed by atoms with Crippen LogP contribution >= 0.6 is 34.5 Å². The molecule has 0 unspecified atom stereocenters. The van der Waals surface area contributed by atoms with Crippen LogP contribution in [0.2, 0.25) is 10.0 Å². The Kier molecular flexibility index (Phi) is 6.18. The highest BCUT2D eigenvalue weighted by atomic mass is 35.5. The number of nitrogens with one attached hydrogen (secondary N) is 1. The number of aromatic nitrogens is 1. The first kappa shape index (κ1) is 21.3. The molecule has 158 valence electrons. The normalized spacial score (nSPS) is 22.2. The van der Waals surface area contributed by atoms with Gasteiger partial charge in [-0.05, 0) is 49.7 Å². The largest absolute Gasteiger partial charge is 0.486 e. The molecule has 9 heteroatoms. The minimum absolute atomic E-state index is 0.164. The SMILES string of the molecule is C[C@]1(O)CCN(CC(=O)Nc2nc3ccc(Cl)cc3s2)C[C@@H]1Oc1cccc(Cl)c1. The number of anilines is 1. The average Bonchev–Trinajstić information content (AvgIpc) is 3.05. The van der Waals surface area contributed by atoms with Crippen LogP contribution in [0.25, 0.3) is 10.2 Å². The van der Waals surface area contributed by atoms with Crippen molar-refractivity contribution in [2.24, 2.45) is 0 Å². The lowest BCUT2D eigenvalue weighted by Gasteiger charge is -2.42. The molecule has 0 saturated carbocycles. The summed E-state index contributed by atoms with van der Waals surface area (Å²) in [7, 11) is 0. The van der Waals surface area contributed by atoms with Crippen molar-refractivity contribution in [3.05, 3.63) is 52.5 Å². The minimum Gasteiger partial charge on any atom is -0.486 e. The third-order valence-electron chi connectivity index (χ3n) is 5.09. The zero-order chi connectivity index (χ0) is 21.3. The van der Waals surface area contributed by atoms with E-state index in [1.807, 2.05) is 17.0 Å². The monoisotopic (exact) mass is 465 g/mol. The number of carbonyl (C=O) groups excluding carboxylic acids is 1. The fraction of sp³-hybridized carbons (Fsp3) is 0.333. The van der Waals surface area contributed by atoms with Crippen molar-refractivity contribution in [3.8, 4) is 5.75 Å². The standard InChI is InChI=1S/C21H21Cl2N3O3S/c1-21(28)7-8-26(11-18(21)29-15-4-2-3-13(22)9-15)12-19(27)25-20-24-16-6-5-14(23)10-17(16)30-20/h2-6,9-10,18,28H,7-8,11-12H2,1H3,(H,24,25,27)/t18-,21-/m0/s1. The quantitative estimate of drug-likeness (QED) is 0.582. The van der Waals surface area contributed by atoms with Gasteiger partial charge >= 0.3 is 0 Å². The number of piperidine rings is 1. The van der Waals surface area contributed by atoms with E-state index in [-0.39, 0.29) is 12.5 Å². The van der Waals surface area contributed by atoms with Gasteiger partial charge in [-0.1, -0.05) is 40.6 Å². The molecule has 1 aliphatic rings. The van der Waals surface area contributed by atoms with E-state index in [0.29, 0.717) is 40.4 Å². The van der Waals surface area contributed by atoms with E-state index in [1.165, 1.54) is 11.3 Å². The lowest BCUT2D eigenvalue weighted by atomic mass is 9.90. The third-order valence-corrected chi connectivity index (χ3v) is 6.49. The van der Waals surface area contributed by atoms with Gasteiger partial charge in [0.1, 0.15) is 17.5 Å². The number of halogens is 2. The molecular weight excluding hydrogens is 445 g/mol. The molecule has 1 amide bonds. The summed E-state index contributed by atoms with van der Waals surface area (Å²) in [5, 5.41) is 15.3. The number of carbonyl (C=O) groups is 1. The third kappa shape index (κ3) is 5.04. The molecule has 30 heavy (non-hydrogen) atoms. The first-order valence-electron chi connectivity index (χ1n) is 9.51. The second kappa shape index (κ2) is 8.69. The van der Waals surface area contributed by atoms with Gasteiger partial charge in [-0.25, -0.2) is 4.98 Å². The zero-order valence-corrected chi connectivity index (χ0v) is 18.6. The van der Waals surface area contributed by atoms with Gasteiger partial charge in [0.05, 0.1) is 16.8 Å². The van der Waals surface area contributed by atoms with Crippen LogP contribution in [0.5, 0.6) is 5.75 Å². The van der Waals surface area contributed by atoms with Crippen LogP contribution in [-0.4, -0.2) is 52.2 Å². The number of hydrogen-bond acceptors (Lipinski definition) is 6. The minimum atomic E-state index is -0.998. The molecule has 0 radical (unpaired) electrons.